The second-order valence-electron chi connectivity index (χ2n) is 9.29. The van der Waals surface area contributed by atoms with Gasteiger partial charge >= 0.3 is 0 Å². The van der Waals surface area contributed by atoms with Crippen molar-refractivity contribution >= 4 is 17.3 Å². The fourth-order valence-corrected chi connectivity index (χ4v) is 5.23. The van der Waals surface area contributed by atoms with Crippen LogP contribution in [-0.2, 0) is 19.1 Å². The van der Waals surface area contributed by atoms with Crippen LogP contribution in [0.1, 0.15) is 63.9 Å². The number of benzene rings is 1. The smallest absolute Gasteiger partial charge is 0.225 e. The number of ketones is 3. The second kappa shape index (κ2) is 6.38. The molecule has 0 radical (unpaired) electrons. The number of Topliss-reactive ketones (excluding diaryl/α,β-unsaturated/α-hetero) is 3. The van der Waals surface area contributed by atoms with Gasteiger partial charge in [0.2, 0.25) is 5.78 Å². The molecule has 0 N–H and O–H groups in total. The zero-order valence-electron chi connectivity index (χ0n) is 16.8. The molecule has 0 saturated heterocycles. The molecule has 1 aliphatic heterocycles. The maximum atomic E-state index is 13.5. The summed E-state index contributed by atoms with van der Waals surface area (Å²) in [5, 5.41) is 0. The molecule has 0 aromatic heterocycles. The van der Waals surface area contributed by atoms with Crippen molar-refractivity contribution in [1.29, 1.82) is 0 Å². The number of hydrogen-bond acceptors (Lipinski definition) is 4. The quantitative estimate of drug-likeness (QED) is 0.653. The molecule has 0 saturated carbocycles. The molecule has 1 aromatic rings. The summed E-state index contributed by atoms with van der Waals surface area (Å²) in [6, 6.07) is 9.59. The molecule has 0 bridgehead atoms. The van der Waals surface area contributed by atoms with E-state index < -0.39 is 5.92 Å². The Morgan fingerprint density at radius 1 is 0.862 bits per heavy atom. The molecule has 3 aliphatic carbocycles. The van der Waals surface area contributed by atoms with Gasteiger partial charge in [-0.25, -0.2) is 0 Å². The largest absolute Gasteiger partial charge is 0.457 e. The van der Waals surface area contributed by atoms with Gasteiger partial charge in [-0.1, -0.05) is 44.2 Å². The Balaban J connectivity index is 1.72. The minimum absolute atomic E-state index is 0.0142. The van der Waals surface area contributed by atoms with Crippen LogP contribution in [0.2, 0.25) is 0 Å². The predicted octanol–water partition coefficient (Wildman–Crippen LogP) is 4.72. The lowest BCUT2D eigenvalue weighted by Gasteiger charge is -2.40. The van der Waals surface area contributed by atoms with E-state index in [4.69, 9.17) is 4.74 Å². The normalized spacial score (nSPS) is 26.1. The van der Waals surface area contributed by atoms with E-state index in [0.29, 0.717) is 53.7 Å². The van der Waals surface area contributed by atoms with Crippen molar-refractivity contribution in [2.45, 2.75) is 58.3 Å². The molecule has 5 rings (SSSR count). The average Bonchev–Trinajstić information content (AvgIpc) is 2.70. The fourth-order valence-electron chi connectivity index (χ4n) is 5.23. The first-order chi connectivity index (χ1) is 13.9. The van der Waals surface area contributed by atoms with E-state index in [1.165, 1.54) is 0 Å². The molecule has 1 unspecified atom stereocenters. The summed E-state index contributed by atoms with van der Waals surface area (Å²) in [4.78, 5) is 40.1. The molecule has 0 fully saturated rings. The van der Waals surface area contributed by atoms with Crippen LogP contribution in [0, 0.1) is 5.41 Å². The molecule has 4 aliphatic rings. The van der Waals surface area contributed by atoms with E-state index in [1.54, 1.807) is 0 Å². The number of carbonyl (C=O) groups is 3. The van der Waals surface area contributed by atoms with Crippen molar-refractivity contribution in [2.24, 2.45) is 5.41 Å². The highest BCUT2D eigenvalue weighted by atomic mass is 16.5. The molecular formula is C25H24O4. The highest BCUT2D eigenvalue weighted by molar-refractivity contribution is 6.26. The lowest BCUT2D eigenvalue weighted by atomic mass is 9.66. The van der Waals surface area contributed by atoms with Gasteiger partial charge in [0.15, 0.2) is 17.3 Å². The summed E-state index contributed by atoms with van der Waals surface area (Å²) in [7, 11) is 0. The molecule has 0 spiro atoms. The molecule has 1 aromatic carbocycles. The lowest BCUT2D eigenvalue weighted by Crippen LogP contribution is -2.38. The number of allylic oxidation sites excluding steroid dienone is 5. The van der Waals surface area contributed by atoms with Crippen molar-refractivity contribution in [1.82, 2.24) is 0 Å². The minimum Gasteiger partial charge on any atom is -0.457 e. The van der Waals surface area contributed by atoms with Crippen molar-refractivity contribution < 1.29 is 19.1 Å². The molecule has 0 amide bonds. The Hall–Kier alpha value is -2.75. The van der Waals surface area contributed by atoms with Crippen LogP contribution in [0.3, 0.4) is 0 Å². The topological polar surface area (TPSA) is 60.4 Å². The summed E-state index contributed by atoms with van der Waals surface area (Å²) in [6.07, 6.45) is 4.09. The van der Waals surface area contributed by atoms with Gasteiger partial charge in [0, 0.05) is 35.5 Å². The van der Waals surface area contributed by atoms with E-state index in [-0.39, 0.29) is 28.5 Å². The van der Waals surface area contributed by atoms with Crippen LogP contribution in [0.25, 0.3) is 0 Å². The Morgan fingerprint density at radius 3 is 2.21 bits per heavy atom. The van der Waals surface area contributed by atoms with Crippen molar-refractivity contribution in [3.05, 3.63) is 69.7 Å². The van der Waals surface area contributed by atoms with Crippen LogP contribution in [0.5, 0.6) is 0 Å². The maximum Gasteiger partial charge on any atom is 0.225 e. The first-order valence-electron chi connectivity index (χ1n) is 10.4. The van der Waals surface area contributed by atoms with E-state index in [0.717, 1.165) is 18.4 Å². The summed E-state index contributed by atoms with van der Waals surface area (Å²) in [5.74, 6) is -0.0372. The van der Waals surface area contributed by atoms with Gasteiger partial charge in [0.25, 0.3) is 0 Å². The van der Waals surface area contributed by atoms with Crippen LogP contribution in [0.15, 0.2) is 64.1 Å². The summed E-state index contributed by atoms with van der Waals surface area (Å²) < 4.78 is 6.12. The third kappa shape index (κ3) is 2.77. The average molecular weight is 388 g/mol. The van der Waals surface area contributed by atoms with Gasteiger partial charge in [0.05, 0.1) is 5.57 Å². The zero-order valence-corrected chi connectivity index (χ0v) is 16.8. The minimum atomic E-state index is -0.522. The van der Waals surface area contributed by atoms with Crippen molar-refractivity contribution in [3.8, 4) is 0 Å². The van der Waals surface area contributed by atoms with Crippen LogP contribution >= 0.6 is 0 Å². The third-order valence-electron chi connectivity index (χ3n) is 6.53. The summed E-state index contributed by atoms with van der Waals surface area (Å²) in [6.45, 7) is 4.07. The third-order valence-corrected chi connectivity index (χ3v) is 6.53. The molecular weight excluding hydrogens is 364 g/mol. The van der Waals surface area contributed by atoms with Gasteiger partial charge in [-0.3, -0.25) is 14.4 Å². The van der Waals surface area contributed by atoms with Gasteiger partial charge in [-0.2, -0.15) is 0 Å². The summed E-state index contributed by atoms with van der Waals surface area (Å²) in [5.41, 5.74) is 2.83. The number of ether oxygens (including phenoxy) is 1. The van der Waals surface area contributed by atoms with E-state index in [9.17, 15) is 14.4 Å². The highest BCUT2D eigenvalue weighted by Crippen LogP contribution is 2.51. The molecule has 4 nitrogen and oxygen atoms in total. The zero-order chi connectivity index (χ0) is 20.3. The van der Waals surface area contributed by atoms with Crippen LogP contribution in [-0.4, -0.2) is 17.3 Å². The Morgan fingerprint density at radius 2 is 1.52 bits per heavy atom. The van der Waals surface area contributed by atoms with Crippen LogP contribution < -0.4 is 0 Å². The second-order valence-corrected chi connectivity index (χ2v) is 9.29. The molecule has 148 valence electrons. The monoisotopic (exact) mass is 388 g/mol. The highest BCUT2D eigenvalue weighted by Gasteiger charge is 2.49. The molecule has 1 heterocycles. The summed E-state index contributed by atoms with van der Waals surface area (Å²) >= 11 is 0. The number of rotatable bonds is 1. The fraction of sp³-hybridized carbons (Fsp3) is 0.400. The predicted molar refractivity (Wildman–Crippen MR) is 108 cm³/mol. The van der Waals surface area contributed by atoms with E-state index in [1.807, 2.05) is 44.2 Å². The molecule has 1 atom stereocenters. The molecule has 29 heavy (non-hydrogen) atoms. The lowest BCUT2D eigenvalue weighted by molar-refractivity contribution is -0.122. The van der Waals surface area contributed by atoms with Gasteiger partial charge in [0.1, 0.15) is 5.76 Å². The van der Waals surface area contributed by atoms with Crippen molar-refractivity contribution in [3.63, 3.8) is 0 Å². The number of carbonyl (C=O) groups excluding carboxylic acids is 3. The standard InChI is InChI=1S/C25H24O4/c1-25(2)12-17(26)20-18(13-25)29-24-21(19(20)14-8-4-3-5-9-14)22(27)15-10-6-7-11-16(15)23(24)28/h3-5,8-9,19H,6-7,10-13H2,1-2H3. The Kier molecular flexibility index (Phi) is 4.02. The van der Waals surface area contributed by atoms with Gasteiger partial charge < -0.3 is 4.74 Å². The van der Waals surface area contributed by atoms with E-state index in [2.05, 4.69) is 0 Å². The SMILES string of the molecule is CC1(C)CC(=O)C2=C(C1)OC1=C(C(=O)C3=C(CCCC3)C1=O)C2c1ccccc1. The van der Waals surface area contributed by atoms with Gasteiger partial charge in [-0.05, 0) is 36.7 Å². The number of hydrogen-bond donors (Lipinski definition) is 0. The first-order valence-corrected chi connectivity index (χ1v) is 10.4. The van der Waals surface area contributed by atoms with E-state index >= 15 is 0 Å². The molecule has 4 heteroatoms. The first kappa shape index (κ1) is 18.3. The van der Waals surface area contributed by atoms with Crippen molar-refractivity contribution in [2.75, 3.05) is 0 Å². The maximum absolute atomic E-state index is 13.5. The Bertz CT molecular complexity index is 1050. The van der Waals surface area contributed by atoms with Crippen LogP contribution in [0.4, 0.5) is 0 Å². The Labute approximate surface area is 170 Å². The van der Waals surface area contributed by atoms with Gasteiger partial charge in [-0.15, -0.1) is 0 Å².